The Bertz CT molecular complexity index is 160. The van der Waals surface area contributed by atoms with Crippen molar-refractivity contribution in [2.24, 2.45) is 11.8 Å². The molecule has 1 aliphatic rings. The van der Waals surface area contributed by atoms with Crippen LogP contribution in [0.2, 0.25) is 0 Å². The molecule has 3 nitrogen and oxygen atoms in total. The fraction of sp³-hybridized carbons (Fsp3) is 0.900. The number of hydrogen-bond donors (Lipinski definition) is 2. The van der Waals surface area contributed by atoms with Crippen molar-refractivity contribution in [3.63, 3.8) is 0 Å². The van der Waals surface area contributed by atoms with Crippen molar-refractivity contribution in [2.75, 3.05) is 6.61 Å². The number of hydrogen-bond acceptors (Lipinski definition) is 2. The minimum atomic E-state index is -0.675. The standard InChI is InChI=1S/C10H18O3/c11-6-5-8-1-3-9(4-2-8)7-10(12)13/h8-9,11H,1-7H2,(H,12,13). The molecule has 0 aromatic heterocycles. The Kier molecular flexibility index (Phi) is 4.22. The summed E-state index contributed by atoms with van der Waals surface area (Å²) >= 11 is 0. The Morgan fingerprint density at radius 1 is 1.15 bits per heavy atom. The van der Waals surface area contributed by atoms with E-state index in [1.165, 1.54) is 0 Å². The summed E-state index contributed by atoms with van der Waals surface area (Å²) in [6, 6.07) is 0. The van der Waals surface area contributed by atoms with Crippen LogP contribution in [-0.2, 0) is 4.79 Å². The second kappa shape index (κ2) is 5.22. The van der Waals surface area contributed by atoms with Gasteiger partial charge < -0.3 is 10.2 Å². The van der Waals surface area contributed by atoms with Gasteiger partial charge in [-0.15, -0.1) is 0 Å². The average Bonchev–Trinajstić information content (AvgIpc) is 2.08. The van der Waals surface area contributed by atoms with E-state index in [-0.39, 0.29) is 6.61 Å². The zero-order chi connectivity index (χ0) is 9.68. The van der Waals surface area contributed by atoms with E-state index in [2.05, 4.69) is 0 Å². The SMILES string of the molecule is O=C(O)CC1CCC(CCO)CC1. The Morgan fingerprint density at radius 2 is 1.69 bits per heavy atom. The third kappa shape index (κ3) is 3.77. The molecule has 0 atom stereocenters. The average molecular weight is 186 g/mol. The Labute approximate surface area is 78.8 Å². The topological polar surface area (TPSA) is 57.5 Å². The Balaban J connectivity index is 2.18. The van der Waals surface area contributed by atoms with Gasteiger partial charge >= 0.3 is 5.97 Å². The third-order valence-corrected chi connectivity index (χ3v) is 2.97. The molecule has 1 saturated carbocycles. The van der Waals surface area contributed by atoms with Crippen LogP contribution in [-0.4, -0.2) is 22.8 Å². The van der Waals surface area contributed by atoms with Gasteiger partial charge in [-0.2, -0.15) is 0 Å². The van der Waals surface area contributed by atoms with E-state index in [4.69, 9.17) is 10.2 Å². The lowest BCUT2D eigenvalue weighted by Crippen LogP contribution is -2.17. The highest BCUT2D eigenvalue weighted by molar-refractivity contribution is 5.67. The van der Waals surface area contributed by atoms with E-state index >= 15 is 0 Å². The summed E-state index contributed by atoms with van der Waals surface area (Å²) in [5.74, 6) is 0.341. The highest BCUT2D eigenvalue weighted by Gasteiger charge is 2.22. The van der Waals surface area contributed by atoms with Crippen LogP contribution in [0.5, 0.6) is 0 Å². The largest absolute Gasteiger partial charge is 0.481 e. The first-order valence-corrected chi connectivity index (χ1v) is 5.05. The van der Waals surface area contributed by atoms with Crippen molar-refractivity contribution in [2.45, 2.75) is 38.5 Å². The van der Waals surface area contributed by atoms with Gasteiger partial charge in [0, 0.05) is 13.0 Å². The third-order valence-electron chi connectivity index (χ3n) is 2.97. The monoisotopic (exact) mass is 186 g/mol. The Morgan fingerprint density at radius 3 is 2.15 bits per heavy atom. The van der Waals surface area contributed by atoms with Gasteiger partial charge in [0.05, 0.1) is 0 Å². The van der Waals surface area contributed by atoms with E-state index in [0.29, 0.717) is 18.3 Å². The second-order valence-corrected chi connectivity index (χ2v) is 4.00. The van der Waals surface area contributed by atoms with Crippen LogP contribution in [0.15, 0.2) is 0 Å². The molecule has 2 N–H and O–H groups in total. The van der Waals surface area contributed by atoms with Crippen molar-refractivity contribution in [1.82, 2.24) is 0 Å². The van der Waals surface area contributed by atoms with Crippen LogP contribution < -0.4 is 0 Å². The minimum absolute atomic E-state index is 0.272. The molecular weight excluding hydrogens is 168 g/mol. The zero-order valence-electron chi connectivity index (χ0n) is 7.91. The number of carboxylic acids is 1. The van der Waals surface area contributed by atoms with E-state index in [1.54, 1.807) is 0 Å². The van der Waals surface area contributed by atoms with Crippen LogP contribution in [0.25, 0.3) is 0 Å². The van der Waals surface area contributed by atoms with Gasteiger partial charge in [0.2, 0.25) is 0 Å². The summed E-state index contributed by atoms with van der Waals surface area (Å²) in [6.45, 7) is 0.272. The van der Waals surface area contributed by atoms with E-state index < -0.39 is 5.97 Å². The van der Waals surface area contributed by atoms with Gasteiger partial charge in [0.25, 0.3) is 0 Å². The van der Waals surface area contributed by atoms with Crippen LogP contribution >= 0.6 is 0 Å². The van der Waals surface area contributed by atoms with E-state index in [9.17, 15) is 4.79 Å². The minimum Gasteiger partial charge on any atom is -0.481 e. The fourth-order valence-corrected chi connectivity index (χ4v) is 2.15. The second-order valence-electron chi connectivity index (χ2n) is 4.00. The number of rotatable bonds is 4. The number of aliphatic carboxylic acids is 1. The summed E-state index contributed by atoms with van der Waals surface area (Å²) in [5, 5.41) is 17.3. The molecule has 0 aromatic rings. The molecule has 0 spiro atoms. The summed E-state index contributed by atoms with van der Waals surface area (Å²) in [7, 11) is 0. The summed E-state index contributed by atoms with van der Waals surface area (Å²) < 4.78 is 0. The first-order valence-electron chi connectivity index (χ1n) is 5.05. The van der Waals surface area contributed by atoms with Crippen molar-refractivity contribution < 1.29 is 15.0 Å². The van der Waals surface area contributed by atoms with E-state index in [0.717, 1.165) is 32.1 Å². The van der Waals surface area contributed by atoms with Crippen molar-refractivity contribution >= 4 is 5.97 Å². The Hall–Kier alpha value is -0.570. The van der Waals surface area contributed by atoms with Crippen LogP contribution in [0.1, 0.15) is 38.5 Å². The molecule has 0 aliphatic heterocycles. The molecule has 1 fully saturated rings. The van der Waals surface area contributed by atoms with Crippen LogP contribution in [0.4, 0.5) is 0 Å². The number of aliphatic hydroxyl groups is 1. The van der Waals surface area contributed by atoms with Crippen LogP contribution in [0.3, 0.4) is 0 Å². The summed E-state index contributed by atoms with van der Waals surface area (Å²) in [6.07, 6.45) is 5.45. The van der Waals surface area contributed by atoms with Gasteiger partial charge in [0.1, 0.15) is 0 Å². The molecule has 1 aliphatic carbocycles. The lowest BCUT2D eigenvalue weighted by atomic mass is 9.79. The molecule has 0 amide bonds. The lowest BCUT2D eigenvalue weighted by molar-refractivity contribution is -0.138. The number of carbonyl (C=O) groups is 1. The lowest BCUT2D eigenvalue weighted by Gasteiger charge is -2.26. The molecule has 0 heterocycles. The molecule has 0 aromatic carbocycles. The quantitative estimate of drug-likeness (QED) is 0.701. The summed E-state index contributed by atoms with van der Waals surface area (Å²) in [5.41, 5.74) is 0. The highest BCUT2D eigenvalue weighted by Crippen LogP contribution is 2.32. The van der Waals surface area contributed by atoms with Gasteiger partial charge in [-0.3, -0.25) is 4.79 Å². The molecule has 0 radical (unpaired) electrons. The van der Waals surface area contributed by atoms with Crippen molar-refractivity contribution in [3.8, 4) is 0 Å². The van der Waals surface area contributed by atoms with Crippen LogP contribution in [0, 0.1) is 11.8 Å². The first kappa shape index (κ1) is 10.5. The molecule has 0 unspecified atom stereocenters. The predicted molar refractivity (Wildman–Crippen MR) is 49.4 cm³/mol. The molecule has 0 bridgehead atoms. The molecular formula is C10H18O3. The zero-order valence-corrected chi connectivity index (χ0v) is 7.91. The predicted octanol–water partition coefficient (Wildman–Crippen LogP) is 1.65. The first-order chi connectivity index (χ1) is 6.22. The maximum Gasteiger partial charge on any atom is 0.303 e. The molecule has 13 heavy (non-hydrogen) atoms. The maximum atomic E-state index is 10.4. The number of carboxylic acid groups (broad SMARTS) is 1. The highest BCUT2D eigenvalue weighted by atomic mass is 16.4. The normalized spacial score (nSPS) is 28.7. The fourth-order valence-electron chi connectivity index (χ4n) is 2.15. The molecule has 3 heteroatoms. The molecule has 76 valence electrons. The van der Waals surface area contributed by atoms with E-state index in [1.807, 2.05) is 0 Å². The smallest absolute Gasteiger partial charge is 0.303 e. The van der Waals surface area contributed by atoms with Gasteiger partial charge in [0.15, 0.2) is 0 Å². The summed E-state index contributed by atoms with van der Waals surface area (Å²) in [4.78, 5) is 10.4. The maximum absolute atomic E-state index is 10.4. The van der Waals surface area contributed by atoms with Gasteiger partial charge in [-0.1, -0.05) is 12.8 Å². The van der Waals surface area contributed by atoms with Gasteiger partial charge in [-0.25, -0.2) is 0 Å². The van der Waals surface area contributed by atoms with Crippen molar-refractivity contribution in [1.29, 1.82) is 0 Å². The molecule has 1 rings (SSSR count). The van der Waals surface area contributed by atoms with Gasteiger partial charge in [-0.05, 0) is 31.1 Å². The molecule has 0 saturated heterocycles. The number of aliphatic hydroxyl groups excluding tert-OH is 1. The van der Waals surface area contributed by atoms with Crippen molar-refractivity contribution in [3.05, 3.63) is 0 Å².